The number of nitrogens with two attached hydrogens (primary N) is 1. The van der Waals surface area contributed by atoms with Crippen LogP contribution in [0.3, 0.4) is 0 Å². The van der Waals surface area contributed by atoms with Crippen molar-refractivity contribution in [3.63, 3.8) is 0 Å². The Morgan fingerprint density at radius 3 is 2.50 bits per heavy atom. The molecular formula is C26H24FN3O3S. The summed E-state index contributed by atoms with van der Waals surface area (Å²) in [5.74, 6) is -0.871. The first kappa shape index (κ1) is 23.5. The van der Waals surface area contributed by atoms with Crippen molar-refractivity contribution >= 4 is 15.6 Å². The summed E-state index contributed by atoms with van der Waals surface area (Å²) in [4.78, 5) is 13.3. The molecule has 0 radical (unpaired) electrons. The highest BCUT2D eigenvalue weighted by molar-refractivity contribution is 7.90. The highest BCUT2D eigenvalue weighted by atomic mass is 32.2. The summed E-state index contributed by atoms with van der Waals surface area (Å²) < 4.78 is 40.8. The standard InChI is InChI=1S/C26H24FN3O3S/c1-17-12-24(30(29-17)21-7-5-6-18(13-21)16-28)25(31)15-20-11-10-19(14-23(20)27)22-8-3-4-9-26(22)34(2,32)33/h3-14H,15-16,28H2,1-2H3. The molecule has 0 atom stereocenters. The Hall–Kier alpha value is -3.62. The largest absolute Gasteiger partial charge is 0.326 e. The quantitative estimate of drug-likeness (QED) is 0.401. The molecule has 1 aromatic heterocycles. The summed E-state index contributed by atoms with van der Waals surface area (Å²) in [6, 6.07) is 19.9. The van der Waals surface area contributed by atoms with Crippen LogP contribution in [0.5, 0.6) is 0 Å². The van der Waals surface area contributed by atoms with Gasteiger partial charge in [-0.25, -0.2) is 17.5 Å². The zero-order chi connectivity index (χ0) is 24.5. The number of hydrogen-bond acceptors (Lipinski definition) is 5. The van der Waals surface area contributed by atoms with Crippen LogP contribution < -0.4 is 5.73 Å². The molecule has 6 nitrogen and oxygen atoms in total. The van der Waals surface area contributed by atoms with E-state index in [-0.39, 0.29) is 22.7 Å². The molecule has 34 heavy (non-hydrogen) atoms. The lowest BCUT2D eigenvalue weighted by Crippen LogP contribution is -2.12. The normalized spacial score (nSPS) is 11.5. The monoisotopic (exact) mass is 477 g/mol. The minimum Gasteiger partial charge on any atom is -0.326 e. The van der Waals surface area contributed by atoms with E-state index in [1.54, 1.807) is 41.9 Å². The Morgan fingerprint density at radius 1 is 1.03 bits per heavy atom. The van der Waals surface area contributed by atoms with Gasteiger partial charge in [0.05, 0.1) is 16.3 Å². The summed E-state index contributed by atoms with van der Waals surface area (Å²) >= 11 is 0. The number of benzene rings is 3. The number of carbonyl (C=O) groups is 1. The van der Waals surface area contributed by atoms with Crippen molar-refractivity contribution in [1.29, 1.82) is 0 Å². The summed E-state index contributed by atoms with van der Waals surface area (Å²) in [5.41, 5.74) is 9.40. The van der Waals surface area contributed by atoms with Crippen LogP contribution in [0.4, 0.5) is 4.39 Å². The first-order valence-corrected chi connectivity index (χ1v) is 12.5. The van der Waals surface area contributed by atoms with Crippen LogP contribution in [0.2, 0.25) is 0 Å². The number of aryl methyl sites for hydroxylation is 1. The number of carbonyl (C=O) groups excluding carboxylic acids is 1. The third kappa shape index (κ3) is 4.83. The molecule has 0 fully saturated rings. The maximum atomic E-state index is 15.0. The highest BCUT2D eigenvalue weighted by Crippen LogP contribution is 2.29. The number of hydrogen-bond donors (Lipinski definition) is 1. The maximum absolute atomic E-state index is 15.0. The van der Waals surface area contributed by atoms with Crippen LogP contribution in [-0.2, 0) is 22.8 Å². The predicted molar refractivity (Wildman–Crippen MR) is 129 cm³/mol. The summed E-state index contributed by atoms with van der Waals surface area (Å²) in [6.07, 6.45) is 0.950. The number of ketones is 1. The van der Waals surface area contributed by atoms with E-state index in [2.05, 4.69) is 5.10 Å². The zero-order valence-electron chi connectivity index (χ0n) is 18.8. The lowest BCUT2D eigenvalue weighted by atomic mass is 10.00. The van der Waals surface area contributed by atoms with Gasteiger partial charge in [-0.1, -0.05) is 42.5 Å². The third-order valence-corrected chi connectivity index (χ3v) is 6.66. The van der Waals surface area contributed by atoms with Crippen LogP contribution in [0.25, 0.3) is 16.8 Å². The van der Waals surface area contributed by atoms with Gasteiger partial charge in [-0.2, -0.15) is 5.10 Å². The molecule has 0 bridgehead atoms. The minimum atomic E-state index is -3.49. The van der Waals surface area contributed by atoms with Crippen molar-refractivity contribution in [2.75, 3.05) is 6.26 Å². The van der Waals surface area contributed by atoms with Crippen molar-refractivity contribution in [2.24, 2.45) is 5.73 Å². The molecule has 4 aromatic rings. The SMILES string of the molecule is Cc1cc(C(=O)Cc2ccc(-c3ccccc3S(C)(=O)=O)cc2F)n(-c2cccc(CN)c2)n1. The molecule has 2 N–H and O–H groups in total. The highest BCUT2D eigenvalue weighted by Gasteiger charge is 2.19. The van der Waals surface area contributed by atoms with Gasteiger partial charge in [-0.15, -0.1) is 0 Å². The van der Waals surface area contributed by atoms with Crippen LogP contribution in [-0.4, -0.2) is 30.2 Å². The molecule has 0 amide bonds. The van der Waals surface area contributed by atoms with E-state index < -0.39 is 15.7 Å². The Balaban J connectivity index is 1.65. The van der Waals surface area contributed by atoms with E-state index in [1.165, 1.54) is 18.2 Å². The summed E-state index contributed by atoms with van der Waals surface area (Å²) in [5, 5.41) is 4.43. The first-order valence-electron chi connectivity index (χ1n) is 10.6. The topological polar surface area (TPSA) is 95.0 Å². The molecule has 3 aromatic carbocycles. The Kier molecular flexibility index (Phi) is 6.45. The number of aromatic nitrogens is 2. The molecule has 4 rings (SSSR count). The van der Waals surface area contributed by atoms with Crippen molar-refractivity contribution < 1.29 is 17.6 Å². The van der Waals surface area contributed by atoms with Crippen molar-refractivity contribution in [3.8, 4) is 16.8 Å². The van der Waals surface area contributed by atoms with Gasteiger partial charge in [0.15, 0.2) is 15.6 Å². The fourth-order valence-electron chi connectivity index (χ4n) is 3.86. The predicted octanol–water partition coefficient (Wildman–Crippen LogP) is 4.27. The molecule has 0 saturated carbocycles. The maximum Gasteiger partial charge on any atom is 0.185 e. The number of nitrogens with zero attached hydrogens (tertiary/aromatic N) is 2. The summed E-state index contributed by atoms with van der Waals surface area (Å²) in [6.45, 7) is 2.14. The van der Waals surface area contributed by atoms with E-state index in [0.29, 0.717) is 34.7 Å². The molecule has 0 spiro atoms. The average molecular weight is 478 g/mol. The Labute approximate surface area is 197 Å². The second-order valence-electron chi connectivity index (χ2n) is 8.13. The van der Waals surface area contributed by atoms with Crippen LogP contribution in [0, 0.1) is 12.7 Å². The summed E-state index contributed by atoms with van der Waals surface area (Å²) in [7, 11) is -3.49. The van der Waals surface area contributed by atoms with Gasteiger partial charge in [0.1, 0.15) is 11.5 Å². The molecule has 174 valence electrons. The van der Waals surface area contributed by atoms with Gasteiger partial charge >= 0.3 is 0 Å². The van der Waals surface area contributed by atoms with Gasteiger partial charge in [-0.05, 0) is 53.9 Å². The van der Waals surface area contributed by atoms with E-state index in [9.17, 15) is 13.2 Å². The fourth-order valence-corrected chi connectivity index (χ4v) is 4.77. The lowest BCUT2D eigenvalue weighted by Gasteiger charge is -2.11. The molecule has 8 heteroatoms. The third-order valence-electron chi connectivity index (χ3n) is 5.51. The first-order chi connectivity index (χ1) is 16.2. The number of rotatable bonds is 7. The van der Waals surface area contributed by atoms with Gasteiger partial charge in [0, 0.05) is 24.8 Å². The van der Waals surface area contributed by atoms with Crippen LogP contribution in [0.1, 0.15) is 27.3 Å². The Morgan fingerprint density at radius 2 is 1.79 bits per heavy atom. The van der Waals surface area contributed by atoms with Gasteiger partial charge < -0.3 is 5.73 Å². The van der Waals surface area contributed by atoms with Crippen molar-refractivity contribution in [3.05, 3.63) is 101 Å². The van der Waals surface area contributed by atoms with Crippen LogP contribution in [0.15, 0.2) is 77.7 Å². The number of sulfone groups is 1. The molecule has 0 aliphatic rings. The molecular weight excluding hydrogens is 453 g/mol. The molecule has 0 saturated heterocycles. The van der Waals surface area contributed by atoms with Gasteiger partial charge in [-0.3, -0.25) is 4.79 Å². The smallest absolute Gasteiger partial charge is 0.185 e. The average Bonchev–Trinajstić information content (AvgIpc) is 3.21. The van der Waals surface area contributed by atoms with E-state index in [0.717, 1.165) is 11.8 Å². The van der Waals surface area contributed by atoms with E-state index in [1.807, 2.05) is 24.3 Å². The molecule has 0 unspecified atom stereocenters. The second-order valence-corrected chi connectivity index (χ2v) is 10.1. The van der Waals surface area contributed by atoms with Gasteiger partial charge in [0.25, 0.3) is 0 Å². The number of Topliss-reactive ketones (excluding diaryl/α,β-unsaturated/α-hetero) is 1. The van der Waals surface area contributed by atoms with E-state index >= 15 is 4.39 Å². The van der Waals surface area contributed by atoms with Crippen LogP contribution >= 0.6 is 0 Å². The number of halogens is 1. The Bertz CT molecular complexity index is 1490. The van der Waals surface area contributed by atoms with E-state index in [4.69, 9.17) is 5.73 Å². The van der Waals surface area contributed by atoms with Crippen molar-refractivity contribution in [1.82, 2.24) is 9.78 Å². The molecule has 0 aliphatic carbocycles. The second kappa shape index (κ2) is 9.32. The minimum absolute atomic E-state index is 0.123. The van der Waals surface area contributed by atoms with Crippen molar-refractivity contribution in [2.45, 2.75) is 24.8 Å². The van der Waals surface area contributed by atoms with Gasteiger partial charge in [0.2, 0.25) is 0 Å². The fraction of sp³-hybridized carbons (Fsp3) is 0.154. The zero-order valence-corrected chi connectivity index (χ0v) is 19.6. The lowest BCUT2D eigenvalue weighted by molar-refractivity contribution is 0.0984. The molecule has 0 aliphatic heterocycles. The molecule has 1 heterocycles.